The molecule has 0 aromatic heterocycles. The van der Waals surface area contributed by atoms with E-state index in [4.69, 9.17) is 9.47 Å². The zero-order valence-corrected chi connectivity index (χ0v) is 11.4. The van der Waals surface area contributed by atoms with Gasteiger partial charge in [0.1, 0.15) is 0 Å². The van der Waals surface area contributed by atoms with Crippen LogP contribution in [-0.4, -0.2) is 47.6 Å². The van der Waals surface area contributed by atoms with Crippen LogP contribution in [0.5, 0.6) is 0 Å². The number of carboxylic acid groups (broad SMARTS) is 2. The molecular weight excluding hydrogens is 276 g/mol. The first-order chi connectivity index (χ1) is 10.1. The standard InChI is InChI=1S/C15H18O6/c16-14(17)12(8-4-20-8)10-6-1-2-7(3-6)11(10)13(15(18)19)9-5-21-9/h1-2,6-13H,3-5H2,(H,16,17)(H,18,19)/t6-,7+,8?,9?,10?,11?,12?,13?. The molecule has 2 heterocycles. The molecule has 0 radical (unpaired) electrons. The van der Waals surface area contributed by atoms with Crippen molar-refractivity contribution in [2.24, 2.45) is 35.5 Å². The van der Waals surface area contributed by atoms with Gasteiger partial charge in [-0.2, -0.15) is 0 Å². The molecule has 6 unspecified atom stereocenters. The lowest BCUT2D eigenvalue weighted by Gasteiger charge is -2.35. The molecule has 21 heavy (non-hydrogen) atoms. The number of aliphatic carboxylic acids is 2. The van der Waals surface area contributed by atoms with E-state index in [0.717, 1.165) is 6.42 Å². The van der Waals surface area contributed by atoms with E-state index >= 15 is 0 Å². The van der Waals surface area contributed by atoms with Crippen LogP contribution in [0.1, 0.15) is 6.42 Å². The van der Waals surface area contributed by atoms with E-state index in [1.807, 2.05) is 0 Å². The van der Waals surface area contributed by atoms with Crippen LogP contribution in [-0.2, 0) is 19.1 Å². The van der Waals surface area contributed by atoms with Crippen LogP contribution in [0.15, 0.2) is 12.2 Å². The minimum absolute atomic E-state index is 0.157. The molecule has 0 spiro atoms. The fourth-order valence-corrected chi connectivity index (χ4v) is 4.58. The maximum atomic E-state index is 11.7. The molecule has 0 aromatic rings. The molecule has 4 rings (SSSR count). The average Bonchev–Trinajstić information content (AvgIpc) is 3.32. The van der Waals surface area contributed by atoms with E-state index in [2.05, 4.69) is 12.2 Å². The largest absolute Gasteiger partial charge is 0.481 e. The molecule has 6 heteroatoms. The van der Waals surface area contributed by atoms with Gasteiger partial charge in [-0.05, 0) is 30.1 Å². The number of carbonyl (C=O) groups is 2. The molecule has 4 aliphatic rings. The number of ether oxygens (including phenoxy) is 2. The van der Waals surface area contributed by atoms with Gasteiger partial charge in [-0.25, -0.2) is 0 Å². The number of hydrogen-bond acceptors (Lipinski definition) is 4. The van der Waals surface area contributed by atoms with Gasteiger partial charge in [0.15, 0.2) is 0 Å². The van der Waals surface area contributed by atoms with Gasteiger partial charge in [0.2, 0.25) is 0 Å². The van der Waals surface area contributed by atoms with Crippen LogP contribution in [0.4, 0.5) is 0 Å². The second-order valence-corrected chi connectivity index (χ2v) is 6.57. The third-order valence-corrected chi connectivity index (χ3v) is 5.50. The number of epoxide rings is 2. The first kappa shape index (κ1) is 13.3. The number of fused-ring (bicyclic) bond motifs is 2. The fraction of sp³-hybridized carbons (Fsp3) is 0.733. The monoisotopic (exact) mass is 294 g/mol. The van der Waals surface area contributed by atoms with Crippen molar-refractivity contribution in [3.63, 3.8) is 0 Å². The Morgan fingerprint density at radius 3 is 1.57 bits per heavy atom. The van der Waals surface area contributed by atoms with Crippen LogP contribution in [0.3, 0.4) is 0 Å². The summed E-state index contributed by atoms with van der Waals surface area (Å²) in [5, 5.41) is 19.2. The lowest BCUT2D eigenvalue weighted by atomic mass is 9.68. The van der Waals surface area contributed by atoms with Crippen molar-refractivity contribution in [2.75, 3.05) is 13.2 Å². The van der Waals surface area contributed by atoms with Crippen molar-refractivity contribution in [3.05, 3.63) is 12.2 Å². The Morgan fingerprint density at radius 2 is 1.29 bits per heavy atom. The van der Waals surface area contributed by atoms with Crippen molar-refractivity contribution in [2.45, 2.75) is 18.6 Å². The van der Waals surface area contributed by atoms with Crippen LogP contribution < -0.4 is 0 Å². The summed E-state index contributed by atoms with van der Waals surface area (Å²) < 4.78 is 10.5. The lowest BCUT2D eigenvalue weighted by molar-refractivity contribution is -0.151. The van der Waals surface area contributed by atoms with Crippen LogP contribution in [0.25, 0.3) is 0 Å². The molecule has 114 valence electrons. The van der Waals surface area contributed by atoms with Crippen LogP contribution in [0, 0.1) is 35.5 Å². The SMILES string of the molecule is O=C(O)C(C1CO1)C1C(C(C(=O)O)C2CO2)[C@H]2C=C[C@@H]1C2. The minimum Gasteiger partial charge on any atom is -0.481 e. The van der Waals surface area contributed by atoms with Crippen LogP contribution in [0.2, 0.25) is 0 Å². The second kappa shape index (κ2) is 4.55. The summed E-state index contributed by atoms with van der Waals surface area (Å²) in [4.78, 5) is 23.4. The molecule has 2 saturated heterocycles. The summed E-state index contributed by atoms with van der Waals surface area (Å²) in [5.41, 5.74) is 0. The molecule has 1 saturated carbocycles. The highest BCUT2D eigenvalue weighted by Gasteiger charge is 2.60. The topological polar surface area (TPSA) is 99.7 Å². The molecule has 0 aromatic carbocycles. The Kier molecular flexibility index (Phi) is 2.87. The van der Waals surface area contributed by atoms with E-state index in [0.29, 0.717) is 13.2 Å². The summed E-state index contributed by atoms with van der Waals surface area (Å²) in [7, 11) is 0. The van der Waals surface area contributed by atoms with Crippen LogP contribution >= 0.6 is 0 Å². The van der Waals surface area contributed by atoms with Gasteiger partial charge >= 0.3 is 11.9 Å². The van der Waals surface area contributed by atoms with E-state index in [1.54, 1.807) is 0 Å². The van der Waals surface area contributed by atoms with E-state index in [-0.39, 0.29) is 35.9 Å². The molecule has 3 fully saturated rings. The number of allylic oxidation sites excluding steroid dienone is 2. The predicted molar refractivity (Wildman–Crippen MR) is 69.4 cm³/mol. The van der Waals surface area contributed by atoms with E-state index in [1.165, 1.54) is 0 Å². The molecule has 2 aliphatic carbocycles. The molecule has 2 bridgehead atoms. The van der Waals surface area contributed by atoms with Crippen molar-refractivity contribution >= 4 is 11.9 Å². The highest BCUT2D eigenvalue weighted by atomic mass is 16.6. The quantitative estimate of drug-likeness (QED) is 0.550. The van der Waals surface area contributed by atoms with Crippen molar-refractivity contribution < 1.29 is 29.3 Å². The van der Waals surface area contributed by atoms with Gasteiger partial charge in [0.25, 0.3) is 0 Å². The van der Waals surface area contributed by atoms with Gasteiger partial charge in [-0.1, -0.05) is 12.2 Å². The highest BCUT2D eigenvalue weighted by Crippen LogP contribution is 2.57. The first-order valence-corrected chi connectivity index (χ1v) is 7.45. The molecular formula is C15H18O6. The van der Waals surface area contributed by atoms with Crippen molar-refractivity contribution in [1.29, 1.82) is 0 Å². The summed E-state index contributed by atoms with van der Waals surface area (Å²) >= 11 is 0. The molecule has 2 N–H and O–H groups in total. The van der Waals surface area contributed by atoms with E-state index in [9.17, 15) is 19.8 Å². The number of hydrogen-bond donors (Lipinski definition) is 2. The molecule has 0 amide bonds. The first-order valence-electron chi connectivity index (χ1n) is 7.45. The smallest absolute Gasteiger partial charge is 0.309 e. The average molecular weight is 294 g/mol. The van der Waals surface area contributed by atoms with Gasteiger partial charge in [0.05, 0.1) is 37.3 Å². The third kappa shape index (κ3) is 2.08. The van der Waals surface area contributed by atoms with Gasteiger partial charge in [0, 0.05) is 0 Å². The Balaban J connectivity index is 1.68. The molecule has 8 atom stereocenters. The van der Waals surface area contributed by atoms with Crippen molar-refractivity contribution in [3.8, 4) is 0 Å². The zero-order chi connectivity index (χ0) is 14.7. The molecule has 2 aliphatic heterocycles. The summed E-state index contributed by atoms with van der Waals surface area (Å²) in [6.07, 6.45) is 4.49. The second-order valence-electron chi connectivity index (χ2n) is 6.57. The normalized spacial score (nSPS) is 45.3. The summed E-state index contributed by atoms with van der Waals surface area (Å²) in [6, 6.07) is 0. The van der Waals surface area contributed by atoms with Gasteiger partial charge in [-0.3, -0.25) is 9.59 Å². The third-order valence-electron chi connectivity index (χ3n) is 5.50. The number of rotatable bonds is 6. The van der Waals surface area contributed by atoms with E-state index < -0.39 is 23.8 Å². The summed E-state index contributed by atoms with van der Waals surface area (Å²) in [5.74, 6) is -2.93. The Morgan fingerprint density at radius 1 is 0.905 bits per heavy atom. The lowest BCUT2D eigenvalue weighted by Crippen LogP contribution is -2.42. The Hall–Kier alpha value is -1.40. The minimum atomic E-state index is -0.866. The number of carboxylic acids is 2. The maximum absolute atomic E-state index is 11.7. The van der Waals surface area contributed by atoms with Crippen molar-refractivity contribution in [1.82, 2.24) is 0 Å². The van der Waals surface area contributed by atoms with Gasteiger partial charge in [-0.15, -0.1) is 0 Å². The summed E-state index contributed by atoms with van der Waals surface area (Å²) in [6.45, 7) is 0.942. The molecule has 6 nitrogen and oxygen atoms in total. The van der Waals surface area contributed by atoms with Gasteiger partial charge < -0.3 is 19.7 Å². The maximum Gasteiger partial charge on any atom is 0.309 e. The highest BCUT2D eigenvalue weighted by molar-refractivity contribution is 5.74. The Bertz CT molecular complexity index is 462. The predicted octanol–water partition coefficient (Wildman–Crippen LogP) is 0.624. The zero-order valence-electron chi connectivity index (χ0n) is 11.4. The Labute approximate surface area is 121 Å². The fourth-order valence-electron chi connectivity index (χ4n) is 4.58.